The number of benzene rings is 2. The number of hydrogen-bond acceptors (Lipinski definition) is 4. The molecule has 0 saturated carbocycles. The van der Waals surface area contributed by atoms with Crippen molar-refractivity contribution in [2.75, 3.05) is 32.2 Å². The lowest BCUT2D eigenvalue weighted by atomic mass is 10.2. The second-order valence-electron chi connectivity index (χ2n) is 5.59. The fraction of sp³-hybridized carbons (Fsp3) is 0.263. The summed E-state index contributed by atoms with van der Waals surface area (Å²) < 4.78 is 36.6. The van der Waals surface area contributed by atoms with Crippen LogP contribution in [0.15, 0.2) is 36.4 Å². The van der Waals surface area contributed by atoms with E-state index in [9.17, 15) is 18.4 Å². The van der Waals surface area contributed by atoms with Gasteiger partial charge in [0.1, 0.15) is 11.5 Å². The van der Waals surface area contributed by atoms with Gasteiger partial charge in [0.05, 0.1) is 19.9 Å². The second kappa shape index (κ2) is 8.98. The highest BCUT2D eigenvalue weighted by molar-refractivity contribution is 5.95. The standard InChI is InChI=1S/C19H20F2N2O4/c1-12(24)23(17-7-5-14(26-2)11-18(17)27-3)9-8-22-19(25)13-4-6-15(20)16(21)10-13/h4-7,10-11H,8-9H2,1-3H3,(H,22,25). The minimum Gasteiger partial charge on any atom is -0.497 e. The minimum absolute atomic E-state index is 0.00898. The molecule has 0 fully saturated rings. The van der Waals surface area contributed by atoms with Crippen LogP contribution >= 0.6 is 0 Å². The Bertz CT molecular complexity index is 842. The summed E-state index contributed by atoms with van der Waals surface area (Å²) in [6.45, 7) is 1.65. The summed E-state index contributed by atoms with van der Waals surface area (Å²) >= 11 is 0. The molecular formula is C19H20F2N2O4. The van der Waals surface area contributed by atoms with Crippen LogP contribution in [0.2, 0.25) is 0 Å². The average Bonchev–Trinajstić information content (AvgIpc) is 2.66. The average molecular weight is 378 g/mol. The van der Waals surface area contributed by atoms with Gasteiger partial charge < -0.3 is 19.7 Å². The van der Waals surface area contributed by atoms with Gasteiger partial charge in [-0.15, -0.1) is 0 Å². The molecular weight excluding hydrogens is 358 g/mol. The van der Waals surface area contributed by atoms with E-state index in [2.05, 4.69) is 5.32 Å². The molecule has 144 valence electrons. The molecule has 0 radical (unpaired) electrons. The predicted octanol–water partition coefficient (Wildman–Crippen LogP) is 2.76. The van der Waals surface area contributed by atoms with E-state index < -0.39 is 17.5 Å². The molecule has 0 aliphatic carbocycles. The molecule has 8 heteroatoms. The molecule has 0 bridgehead atoms. The van der Waals surface area contributed by atoms with E-state index in [0.29, 0.717) is 17.2 Å². The molecule has 2 aromatic rings. The highest BCUT2D eigenvalue weighted by Crippen LogP contribution is 2.32. The van der Waals surface area contributed by atoms with Gasteiger partial charge in [-0.2, -0.15) is 0 Å². The Balaban J connectivity index is 2.08. The van der Waals surface area contributed by atoms with Crippen molar-refractivity contribution in [1.82, 2.24) is 5.32 Å². The van der Waals surface area contributed by atoms with Gasteiger partial charge in [0.2, 0.25) is 5.91 Å². The largest absolute Gasteiger partial charge is 0.497 e. The Kier molecular flexibility index (Phi) is 6.70. The number of anilines is 1. The molecule has 0 atom stereocenters. The quantitative estimate of drug-likeness (QED) is 0.805. The molecule has 0 aromatic heterocycles. The van der Waals surface area contributed by atoms with Gasteiger partial charge in [-0.25, -0.2) is 8.78 Å². The van der Waals surface area contributed by atoms with Crippen LogP contribution in [0.1, 0.15) is 17.3 Å². The normalized spacial score (nSPS) is 10.3. The molecule has 2 aromatic carbocycles. The first-order valence-electron chi connectivity index (χ1n) is 8.10. The van der Waals surface area contributed by atoms with Gasteiger partial charge in [0.15, 0.2) is 11.6 Å². The van der Waals surface area contributed by atoms with Crippen molar-refractivity contribution in [3.63, 3.8) is 0 Å². The number of hydrogen-bond donors (Lipinski definition) is 1. The molecule has 2 amide bonds. The number of ether oxygens (including phenoxy) is 2. The molecule has 6 nitrogen and oxygen atoms in total. The number of nitrogens with zero attached hydrogens (tertiary/aromatic N) is 1. The maximum absolute atomic E-state index is 13.2. The molecule has 0 unspecified atom stereocenters. The number of methoxy groups -OCH3 is 2. The zero-order valence-corrected chi connectivity index (χ0v) is 15.2. The van der Waals surface area contributed by atoms with Crippen molar-refractivity contribution in [2.24, 2.45) is 0 Å². The van der Waals surface area contributed by atoms with Crippen molar-refractivity contribution in [2.45, 2.75) is 6.92 Å². The first-order chi connectivity index (χ1) is 12.9. The van der Waals surface area contributed by atoms with Crippen molar-refractivity contribution in [3.05, 3.63) is 53.6 Å². The smallest absolute Gasteiger partial charge is 0.251 e. The van der Waals surface area contributed by atoms with E-state index in [4.69, 9.17) is 9.47 Å². The molecule has 2 rings (SSSR count). The molecule has 0 spiro atoms. The Hall–Kier alpha value is -3.16. The number of halogens is 2. The first-order valence-corrected chi connectivity index (χ1v) is 8.10. The summed E-state index contributed by atoms with van der Waals surface area (Å²) in [4.78, 5) is 25.5. The molecule has 0 aliphatic rings. The summed E-state index contributed by atoms with van der Waals surface area (Å²) in [6, 6.07) is 7.90. The first kappa shape index (κ1) is 20.2. The monoisotopic (exact) mass is 378 g/mol. The molecule has 0 saturated heterocycles. The zero-order valence-electron chi connectivity index (χ0n) is 15.2. The van der Waals surface area contributed by atoms with Gasteiger partial charge in [0.25, 0.3) is 5.91 Å². The minimum atomic E-state index is -1.10. The van der Waals surface area contributed by atoms with E-state index in [-0.39, 0.29) is 24.6 Å². The number of rotatable bonds is 7. The van der Waals surface area contributed by atoms with Crippen LogP contribution in [0.3, 0.4) is 0 Å². The fourth-order valence-corrected chi connectivity index (χ4v) is 2.48. The molecule has 0 heterocycles. The van der Waals surface area contributed by atoms with Gasteiger partial charge >= 0.3 is 0 Å². The zero-order chi connectivity index (χ0) is 20.0. The maximum atomic E-state index is 13.2. The van der Waals surface area contributed by atoms with Gasteiger partial charge in [-0.05, 0) is 30.3 Å². The Labute approximate surface area is 155 Å². The summed E-state index contributed by atoms with van der Waals surface area (Å²) in [5.41, 5.74) is 0.512. The Morgan fingerprint density at radius 3 is 2.37 bits per heavy atom. The van der Waals surface area contributed by atoms with E-state index >= 15 is 0 Å². The third-order valence-electron chi connectivity index (χ3n) is 3.86. The topological polar surface area (TPSA) is 67.9 Å². The molecule has 1 N–H and O–H groups in total. The van der Waals surface area contributed by atoms with E-state index in [0.717, 1.165) is 12.1 Å². The Morgan fingerprint density at radius 1 is 1.04 bits per heavy atom. The van der Waals surface area contributed by atoms with Gasteiger partial charge in [-0.1, -0.05) is 0 Å². The van der Waals surface area contributed by atoms with Gasteiger partial charge in [0, 0.05) is 31.6 Å². The number of amides is 2. The summed E-state index contributed by atoms with van der Waals surface area (Å²) in [6.07, 6.45) is 0. The van der Waals surface area contributed by atoms with Crippen LogP contribution in [0.4, 0.5) is 14.5 Å². The van der Waals surface area contributed by atoms with E-state index in [1.165, 1.54) is 32.1 Å². The van der Waals surface area contributed by atoms with Crippen LogP contribution < -0.4 is 19.7 Å². The lowest BCUT2D eigenvalue weighted by Gasteiger charge is -2.23. The SMILES string of the molecule is COc1ccc(N(CCNC(=O)c2ccc(F)c(F)c2)C(C)=O)c(OC)c1. The highest BCUT2D eigenvalue weighted by Gasteiger charge is 2.17. The highest BCUT2D eigenvalue weighted by atomic mass is 19.2. The predicted molar refractivity (Wildman–Crippen MR) is 96.3 cm³/mol. The second-order valence-corrected chi connectivity index (χ2v) is 5.59. The van der Waals surface area contributed by atoms with Crippen LogP contribution in [0, 0.1) is 11.6 Å². The van der Waals surface area contributed by atoms with E-state index in [1.807, 2.05) is 0 Å². The van der Waals surface area contributed by atoms with Crippen molar-refractivity contribution < 1.29 is 27.8 Å². The van der Waals surface area contributed by atoms with Crippen LogP contribution in [0.25, 0.3) is 0 Å². The fourth-order valence-electron chi connectivity index (χ4n) is 2.48. The van der Waals surface area contributed by atoms with Crippen LogP contribution in [-0.4, -0.2) is 39.1 Å². The summed E-state index contributed by atoms with van der Waals surface area (Å²) in [5.74, 6) is -1.93. The number of nitrogens with one attached hydrogen (secondary N) is 1. The molecule has 0 aliphatic heterocycles. The lowest BCUT2D eigenvalue weighted by Crippen LogP contribution is -2.37. The third-order valence-corrected chi connectivity index (χ3v) is 3.86. The lowest BCUT2D eigenvalue weighted by molar-refractivity contribution is -0.116. The van der Waals surface area contributed by atoms with Crippen LogP contribution in [-0.2, 0) is 4.79 Å². The summed E-state index contributed by atoms with van der Waals surface area (Å²) in [7, 11) is 2.99. The number of carbonyl (C=O) groups excluding carboxylic acids is 2. The van der Waals surface area contributed by atoms with Crippen molar-refractivity contribution >= 4 is 17.5 Å². The van der Waals surface area contributed by atoms with Crippen LogP contribution in [0.5, 0.6) is 11.5 Å². The maximum Gasteiger partial charge on any atom is 0.251 e. The van der Waals surface area contributed by atoms with Crippen molar-refractivity contribution in [3.8, 4) is 11.5 Å². The number of carbonyl (C=O) groups is 2. The molecule has 27 heavy (non-hydrogen) atoms. The van der Waals surface area contributed by atoms with Gasteiger partial charge in [-0.3, -0.25) is 9.59 Å². The third kappa shape index (κ3) is 4.93. The summed E-state index contributed by atoms with van der Waals surface area (Å²) in [5, 5.41) is 2.57. The Morgan fingerprint density at radius 2 is 1.78 bits per heavy atom. The van der Waals surface area contributed by atoms with E-state index in [1.54, 1.807) is 18.2 Å². The van der Waals surface area contributed by atoms with Crippen molar-refractivity contribution in [1.29, 1.82) is 0 Å².